The van der Waals surface area contributed by atoms with Gasteiger partial charge in [0.25, 0.3) is 0 Å². The summed E-state index contributed by atoms with van der Waals surface area (Å²) >= 11 is 0. The molecule has 1 atom stereocenters. The molecule has 0 aromatic heterocycles. The van der Waals surface area contributed by atoms with Crippen LogP contribution in [0.2, 0.25) is 0 Å². The van der Waals surface area contributed by atoms with Gasteiger partial charge in [-0.15, -0.1) is 0 Å². The van der Waals surface area contributed by atoms with E-state index in [2.05, 4.69) is 18.9 Å². The molecule has 2 N–H and O–H groups in total. The molecule has 0 bridgehead atoms. The molecule has 0 aromatic rings. The van der Waals surface area contributed by atoms with Crippen molar-refractivity contribution in [3.63, 3.8) is 0 Å². The van der Waals surface area contributed by atoms with Crippen LogP contribution in [0.3, 0.4) is 0 Å². The van der Waals surface area contributed by atoms with E-state index in [0.29, 0.717) is 5.92 Å². The minimum atomic E-state index is 0.645. The SMILES string of the molecule is CCCC(CN)CN(C)CCOC. The third kappa shape index (κ3) is 6.99. The molecule has 0 heterocycles. The largest absolute Gasteiger partial charge is 0.383 e. The Morgan fingerprint density at radius 2 is 2.15 bits per heavy atom. The molecule has 0 fully saturated rings. The van der Waals surface area contributed by atoms with Gasteiger partial charge >= 0.3 is 0 Å². The van der Waals surface area contributed by atoms with Crippen molar-refractivity contribution in [2.24, 2.45) is 11.7 Å². The van der Waals surface area contributed by atoms with Gasteiger partial charge in [0.1, 0.15) is 0 Å². The molecule has 0 aliphatic heterocycles. The Hall–Kier alpha value is -0.120. The monoisotopic (exact) mass is 188 g/mol. The Kier molecular flexibility index (Phi) is 8.40. The third-order valence-electron chi connectivity index (χ3n) is 2.28. The van der Waals surface area contributed by atoms with E-state index in [-0.39, 0.29) is 0 Å². The molecule has 0 spiro atoms. The van der Waals surface area contributed by atoms with Gasteiger partial charge in [-0.1, -0.05) is 13.3 Å². The maximum absolute atomic E-state index is 5.68. The molecule has 0 rings (SSSR count). The predicted molar refractivity (Wildman–Crippen MR) is 56.8 cm³/mol. The van der Waals surface area contributed by atoms with Crippen molar-refractivity contribution in [1.82, 2.24) is 4.90 Å². The van der Waals surface area contributed by atoms with E-state index in [9.17, 15) is 0 Å². The highest BCUT2D eigenvalue weighted by Crippen LogP contribution is 2.05. The van der Waals surface area contributed by atoms with Crippen LogP contribution in [0.4, 0.5) is 0 Å². The predicted octanol–water partition coefficient (Wildman–Crippen LogP) is 0.940. The van der Waals surface area contributed by atoms with Gasteiger partial charge in [0.2, 0.25) is 0 Å². The van der Waals surface area contributed by atoms with Gasteiger partial charge in [0, 0.05) is 20.2 Å². The average molecular weight is 188 g/mol. The van der Waals surface area contributed by atoms with Gasteiger partial charge in [-0.3, -0.25) is 0 Å². The first-order valence-corrected chi connectivity index (χ1v) is 5.12. The highest BCUT2D eigenvalue weighted by atomic mass is 16.5. The lowest BCUT2D eigenvalue weighted by Gasteiger charge is -2.22. The number of rotatable bonds is 8. The summed E-state index contributed by atoms with van der Waals surface area (Å²) in [5.41, 5.74) is 5.68. The number of nitrogens with two attached hydrogens (primary N) is 1. The summed E-state index contributed by atoms with van der Waals surface area (Å²) in [5, 5.41) is 0. The molecule has 0 saturated heterocycles. The van der Waals surface area contributed by atoms with Gasteiger partial charge in [-0.05, 0) is 25.9 Å². The second-order valence-electron chi connectivity index (χ2n) is 3.65. The zero-order chi connectivity index (χ0) is 10.1. The maximum atomic E-state index is 5.68. The molecule has 0 saturated carbocycles. The number of nitrogens with zero attached hydrogens (tertiary/aromatic N) is 1. The topological polar surface area (TPSA) is 38.5 Å². The van der Waals surface area contributed by atoms with Crippen LogP contribution < -0.4 is 5.73 Å². The summed E-state index contributed by atoms with van der Waals surface area (Å²) in [6.45, 7) is 5.90. The van der Waals surface area contributed by atoms with Crippen LogP contribution in [0.1, 0.15) is 19.8 Å². The van der Waals surface area contributed by atoms with E-state index in [0.717, 1.165) is 26.2 Å². The van der Waals surface area contributed by atoms with Gasteiger partial charge in [0.05, 0.1) is 6.61 Å². The van der Waals surface area contributed by atoms with Crippen LogP contribution >= 0.6 is 0 Å². The van der Waals surface area contributed by atoms with E-state index in [1.54, 1.807) is 7.11 Å². The van der Waals surface area contributed by atoms with E-state index in [1.807, 2.05) is 0 Å². The highest BCUT2D eigenvalue weighted by Gasteiger charge is 2.08. The van der Waals surface area contributed by atoms with Gasteiger partial charge in [-0.2, -0.15) is 0 Å². The third-order valence-corrected chi connectivity index (χ3v) is 2.28. The number of ether oxygens (including phenoxy) is 1. The van der Waals surface area contributed by atoms with Crippen molar-refractivity contribution in [2.45, 2.75) is 19.8 Å². The quantitative estimate of drug-likeness (QED) is 0.616. The van der Waals surface area contributed by atoms with E-state index in [1.165, 1.54) is 12.8 Å². The van der Waals surface area contributed by atoms with Gasteiger partial charge in [0.15, 0.2) is 0 Å². The summed E-state index contributed by atoms with van der Waals surface area (Å²) < 4.78 is 5.01. The Balaban J connectivity index is 3.53. The van der Waals surface area contributed by atoms with Crippen LogP contribution in [0.15, 0.2) is 0 Å². The van der Waals surface area contributed by atoms with E-state index in [4.69, 9.17) is 10.5 Å². The first kappa shape index (κ1) is 12.9. The number of hydrogen-bond acceptors (Lipinski definition) is 3. The summed E-state index contributed by atoms with van der Waals surface area (Å²) in [7, 11) is 3.86. The van der Waals surface area contributed by atoms with E-state index < -0.39 is 0 Å². The zero-order valence-electron chi connectivity index (χ0n) is 9.25. The minimum absolute atomic E-state index is 0.645. The summed E-state index contributed by atoms with van der Waals surface area (Å²) in [5.74, 6) is 0.645. The van der Waals surface area contributed by atoms with Crippen molar-refractivity contribution in [2.75, 3.05) is 40.4 Å². The van der Waals surface area contributed by atoms with Crippen LogP contribution in [0.25, 0.3) is 0 Å². The molecule has 1 unspecified atom stereocenters. The molecule has 13 heavy (non-hydrogen) atoms. The van der Waals surface area contributed by atoms with Crippen LogP contribution in [0, 0.1) is 5.92 Å². The fourth-order valence-corrected chi connectivity index (χ4v) is 1.47. The van der Waals surface area contributed by atoms with Crippen molar-refractivity contribution >= 4 is 0 Å². The van der Waals surface area contributed by atoms with Crippen molar-refractivity contribution < 1.29 is 4.74 Å². The highest BCUT2D eigenvalue weighted by molar-refractivity contribution is 4.63. The fraction of sp³-hybridized carbons (Fsp3) is 1.00. The first-order chi connectivity index (χ1) is 6.24. The Morgan fingerprint density at radius 1 is 1.46 bits per heavy atom. The van der Waals surface area contributed by atoms with Gasteiger partial charge < -0.3 is 15.4 Å². The molecule has 0 radical (unpaired) electrons. The zero-order valence-corrected chi connectivity index (χ0v) is 9.25. The molecule has 3 heteroatoms. The molecular weight excluding hydrogens is 164 g/mol. The lowest BCUT2D eigenvalue weighted by Crippen LogP contribution is -2.32. The van der Waals surface area contributed by atoms with E-state index >= 15 is 0 Å². The molecule has 3 nitrogen and oxygen atoms in total. The second-order valence-corrected chi connectivity index (χ2v) is 3.65. The molecule has 0 aliphatic rings. The Morgan fingerprint density at radius 3 is 2.62 bits per heavy atom. The number of hydrogen-bond donors (Lipinski definition) is 1. The lowest BCUT2D eigenvalue weighted by molar-refractivity contribution is 0.151. The molecule has 0 amide bonds. The van der Waals surface area contributed by atoms with Crippen LogP contribution in [-0.4, -0.2) is 45.3 Å². The summed E-state index contributed by atoms with van der Waals surface area (Å²) in [4.78, 5) is 2.29. The normalized spacial score (nSPS) is 13.6. The minimum Gasteiger partial charge on any atom is -0.383 e. The Labute approximate surface area is 82.2 Å². The number of likely N-dealkylation sites (N-methyl/N-ethyl adjacent to an activating group) is 1. The van der Waals surface area contributed by atoms with Crippen molar-refractivity contribution in [3.8, 4) is 0 Å². The maximum Gasteiger partial charge on any atom is 0.0589 e. The van der Waals surface area contributed by atoms with Gasteiger partial charge in [-0.25, -0.2) is 0 Å². The lowest BCUT2D eigenvalue weighted by atomic mass is 10.0. The summed E-state index contributed by atoms with van der Waals surface area (Å²) in [6.07, 6.45) is 2.45. The molecule has 0 aliphatic carbocycles. The van der Waals surface area contributed by atoms with Crippen LogP contribution in [-0.2, 0) is 4.74 Å². The van der Waals surface area contributed by atoms with Crippen molar-refractivity contribution in [1.29, 1.82) is 0 Å². The van der Waals surface area contributed by atoms with Crippen LogP contribution in [0.5, 0.6) is 0 Å². The Bertz CT molecular complexity index is 109. The standard InChI is InChI=1S/C10H24N2O/c1-4-5-10(8-11)9-12(2)6-7-13-3/h10H,4-9,11H2,1-3H3. The molecule has 80 valence electrons. The summed E-state index contributed by atoms with van der Waals surface area (Å²) in [6, 6.07) is 0. The van der Waals surface area contributed by atoms with Crippen molar-refractivity contribution in [3.05, 3.63) is 0 Å². The smallest absolute Gasteiger partial charge is 0.0589 e. The second kappa shape index (κ2) is 8.48. The fourth-order valence-electron chi connectivity index (χ4n) is 1.47. The number of methoxy groups -OCH3 is 1. The molecule has 0 aromatic carbocycles. The molecular formula is C10H24N2O. The average Bonchev–Trinajstić information content (AvgIpc) is 2.14. The first-order valence-electron chi connectivity index (χ1n) is 5.12.